The quantitative estimate of drug-likeness (QED) is 0.264. The first-order valence-corrected chi connectivity index (χ1v) is 17.1. The van der Waals surface area contributed by atoms with Crippen LogP contribution in [0, 0.1) is 0 Å². The maximum Gasteiger partial charge on any atom is 0.324 e. The number of rotatable bonds is 11. The molecule has 1 atom stereocenters. The zero-order valence-electron chi connectivity index (χ0n) is 20.7. The highest BCUT2D eigenvalue weighted by molar-refractivity contribution is 7.90. The van der Waals surface area contributed by atoms with Crippen molar-refractivity contribution in [2.24, 2.45) is 0 Å². The van der Waals surface area contributed by atoms with Crippen LogP contribution in [0.3, 0.4) is 0 Å². The van der Waals surface area contributed by atoms with Crippen molar-refractivity contribution in [1.82, 2.24) is 0 Å². The summed E-state index contributed by atoms with van der Waals surface area (Å²) in [5.74, 6) is -1.35. The van der Waals surface area contributed by atoms with Gasteiger partial charge in [-0.05, 0) is 22.7 Å². The lowest BCUT2D eigenvalue weighted by atomic mass is 10.4. The molecule has 0 aromatic carbocycles. The Morgan fingerprint density at radius 1 is 0.724 bits per heavy atom. The topological polar surface area (TPSA) is 91.7 Å². The number of carboxylic acid groups (broad SMARTS) is 1. The van der Waals surface area contributed by atoms with Gasteiger partial charge in [0, 0.05) is 0 Å². The summed E-state index contributed by atoms with van der Waals surface area (Å²) in [6.45, 7) is 24.4. The van der Waals surface area contributed by atoms with Gasteiger partial charge in [-0.2, -0.15) is 8.42 Å². The molecular weight excluding hydrogens is 420 g/mol. The van der Waals surface area contributed by atoms with E-state index in [0.29, 0.717) is 0 Å². The van der Waals surface area contributed by atoms with E-state index in [1.165, 1.54) is 0 Å². The van der Waals surface area contributed by atoms with Crippen LogP contribution in [0.1, 0.15) is 83.1 Å². The Kier molecular flexibility index (Phi) is 9.47. The highest BCUT2D eigenvalue weighted by Gasteiger charge is 2.72. The van der Waals surface area contributed by atoms with E-state index >= 15 is 0 Å². The molecule has 0 aromatic rings. The minimum absolute atomic E-state index is 0.0852. The van der Waals surface area contributed by atoms with Crippen molar-refractivity contribution < 1.29 is 22.9 Å². The molecule has 29 heavy (non-hydrogen) atoms. The van der Waals surface area contributed by atoms with Crippen molar-refractivity contribution in [2.75, 3.05) is 0 Å². The third-order valence-corrected chi connectivity index (χ3v) is 26.9. The van der Waals surface area contributed by atoms with Crippen molar-refractivity contribution >= 4 is 32.2 Å². The Hall–Kier alpha value is -0.186. The molecule has 0 bridgehead atoms. The van der Waals surface area contributed by atoms with Gasteiger partial charge in [0.05, 0.1) is 8.07 Å². The molecule has 0 fully saturated rings. The molecule has 0 saturated carbocycles. The van der Waals surface area contributed by atoms with Gasteiger partial charge in [0.2, 0.25) is 0 Å². The average Bonchev–Trinajstić information content (AvgIpc) is 2.46. The molecule has 0 aliphatic carbocycles. The van der Waals surface area contributed by atoms with Gasteiger partial charge in [-0.3, -0.25) is 9.35 Å². The van der Waals surface area contributed by atoms with Crippen LogP contribution in [0.25, 0.3) is 0 Å². The predicted octanol–water partition coefficient (Wildman–Crippen LogP) is 6.59. The van der Waals surface area contributed by atoms with Crippen molar-refractivity contribution in [3.05, 3.63) is 0 Å². The van der Waals surface area contributed by atoms with Crippen LogP contribution in [-0.4, -0.2) is 44.6 Å². The van der Waals surface area contributed by atoms with Gasteiger partial charge in [0.1, 0.15) is 8.07 Å². The smallest absolute Gasteiger partial charge is 0.324 e. The molecule has 0 amide bonds. The number of carboxylic acids is 1. The summed E-state index contributed by atoms with van der Waals surface area (Å²) in [5.41, 5.74) is 0.250. The molecule has 0 aromatic heterocycles. The van der Waals surface area contributed by atoms with Gasteiger partial charge in [-0.15, -0.1) is 0 Å². The van der Waals surface area contributed by atoms with Crippen molar-refractivity contribution in [1.29, 1.82) is 0 Å². The third kappa shape index (κ3) is 4.28. The fourth-order valence-electron chi connectivity index (χ4n) is 7.28. The fourth-order valence-corrected chi connectivity index (χ4v) is 28.4. The fraction of sp³-hybridized carbons (Fsp3) is 0.952. The van der Waals surface area contributed by atoms with E-state index in [4.69, 9.17) is 0 Å². The molecule has 0 heterocycles. The summed E-state index contributed by atoms with van der Waals surface area (Å²) in [5, 5.41) is 10.7. The van der Waals surface area contributed by atoms with Crippen LogP contribution in [0.15, 0.2) is 0 Å². The molecule has 0 rings (SSSR count). The van der Waals surface area contributed by atoms with Crippen LogP contribution in [0.5, 0.6) is 0 Å². The number of carbonyl (C=O) groups is 1. The standard InChI is InChI=1S/C21H46O5SSi2/c1-14(2)28(15(3)4,16(5)6)13-21(20(22)23,27(24,25)26)29(17(7)8,18(9)10)19(11)12/h14-19H,13H2,1-12H3,(H,22,23)(H,24,25,26). The molecule has 0 aliphatic heterocycles. The molecule has 0 radical (unpaired) electrons. The molecule has 0 spiro atoms. The summed E-state index contributed by atoms with van der Waals surface area (Å²) in [7, 11) is -10.5. The lowest BCUT2D eigenvalue weighted by Crippen LogP contribution is -2.74. The van der Waals surface area contributed by atoms with E-state index in [1.807, 2.05) is 41.5 Å². The van der Waals surface area contributed by atoms with Crippen LogP contribution < -0.4 is 0 Å². The SMILES string of the molecule is CC(C)[Si](CC(C(=O)O)([Si](C(C)C)(C(C)C)C(C)C)S(=O)(=O)O)(C(C)C)C(C)C. The van der Waals surface area contributed by atoms with E-state index in [-0.39, 0.29) is 39.3 Å². The predicted molar refractivity (Wildman–Crippen MR) is 129 cm³/mol. The molecule has 174 valence electrons. The monoisotopic (exact) mass is 466 g/mol. The zero-order valence-corrected chi connectivity index (χ0v) is 23.5. The van der Waals surface area contributed by atoms with Crippen LogP contribution in [0.4, 0.5) is 0 Å². The van der Waals surface area contributed by atoms with Crippen LogP contribution in [0.2, 0.25) is 39.3 Å². The molecule has 0 aliphatic rings. The maximum absolute atomic E-state index is 13.2. The molecule has 2 N–H and O–H groups in total. The number of hydrogen-bond donors (Lipinski definition) is 2. The Bertz CT molecular complexity index is 625. The van der Waals surface area contributed by atoms with Crippen molar-refractivity contribution in [2.45, 2.75) is 127 Å². The maximum atomic E-state index is 13.2. The number of hydrogen-bond acceptors (Lipinski definition) is 3. The van der Waals surface area contributed by atoms with Gasteiger partial charge >= 0.3 is 5.97 Å². The lowest BCUT2D eigenvalue weighted by Gasteiger charge is -2.57. The van der Waals surface area contributed by atoms with Gasteiger partial charge in [0.15, 0.2) is 4.37 Å². The first kappa shape index (κ1) is 28.8. The largest absolute Gasteiger partial charge is 0.480 e. The molecule has 1 unspecified atom stereocenters. The molecular formula is C21H46O5SSi2. The highest BCUT2D eigenvalue weighted by Crippen LogP contribution is 2.58. The summed E-state index contributed by atoms with van der Waals surface area (Å²) >= 11 is 0. The van der Waals surface area contributed by atoms with E-state index in [9.17, 15) is 22.9 Å². The third-order valence-electron chi connectivity index (χ3n) is 8.13. The summed E-state index contributed by atoms with van der Waals surface area (Å²) in [6, 6.07) is 0.0852. The number of aliphatic carboxylic acids is 1. The van der Waals surface area contributed by atoms with Gasteiger partial charge in [0.25, 0.3) is 10.1 Å². The van der Waals surface area contributed by atoms with Gasteiger partial charge < -0.3 is 5.11 Å². The Balaban J connectivity index is 7.72. The first-order chi connectivity index (χ1) is 12.8. The zero-order chi connectivity index (χ0) is 23.7. The minimum atomic E-state index is -4.86. The van der Waals surface area contributed by atoms with Crippen molar-refractivity contribution in [3.63, 3.8) is 0 Å². The van der Waals surface area contributed by atoms with E-state index in [2.05, 4.69) is 41.5 Å². The lowest BCUT2D eigenvalue weighted by molar-refractivity contribution is -0.137. The summed E-state index contributed by atoms with van der Waals surface area (Å²) in [6.07, 6.45) is 0. The second-order valence-electron chi connectivity index (χ2n) is 10.8. The Morgan fingerprint density at radius 2 is 1.00 bits per heavy atom. The minimum Gasteiger partial charge on any atom is -0.480 e. The average molecular weight is 467 g/mol. The second-order valence-corrected chi connectivity index (χ2v) is 25.0. The van der Waals surface area contributed by atoms with E-state index in [0.717, 1.165) is 0 Å². The normalized spacial score (nSPS) is 16.5. The van der Waals surface area contributed by atoms with Crippen molar-refractivity contribution in [3.8, 4) is 0 Å². The van der Waals surface area contributed by atoms with Gasteiger partial charge in [-0.25, -0.2) is 0 Å². The highest BCUT2D eigenvalue weighted by atomic mass is 32.2. The molecule has 5 nitrogen and oxygen atoms in total. The van der Waals surface area contributed by atoms with Crippen LogP contribution >= 0.6 is 0 Å². The van der Waals surface area contributed by atoms with Crippen LogP contribution in [-0.2, 0) is 14.9 Å². The Morgan fingerprint density at radius 3 is 1.14 bits per heavy atom. The first-order valence-electron chi connectivity index (χ1n) is 11.0. The summed E-state index contributed by atoms with van der Waals surface area (Å²) < 4.78 is 35.1. The van der Waals surface area contributed by atoms with E-state index in [1.54, 1.807) is 0 Å². The second kappa shape index (κ2) is 9.53. The Labute approximate surface area is 181 Å². The van der Waals surface area contributed by atoms with Gasteiger partial charge in [-0.1, -0.05) is 99.7 Å². The molecule has 0 saturated heterocycles. The van der Waals surface area contributed by atoms with E-state index < -0.39 is 36.6 Å². The summed E-state index contributed by atoms with van der Waals surface area (Å²) in [4.78, 5) is 13.1. The molecule has 8 heteroatoms.